The van der Waals surface area contributed by atoms with E-state index in [0.29, 0.717) is 6.42 Å². The molecular formula is C22H29NO6S3. The Labute approximate surface area is 191 Å². The lowest BCUT2D eigenvalue weighted by Gasteiger charge is -2.22. The normalized spacial score (nSPS) is 13.8. The van der Waals surface area contributed by atoms with Crippen molar-refractivity contribution in [2.45, 2.75) is 50.3 Å². The molecule has 32 heavy (non-hydrogen) atoms. The van der Waals surface area contributed by atoms with E-state index < -0.39 is 45.6 Å². The number of benzene rings is 2. The Bertz CT molecular complexity index is 1200. The smallest absolute Gasteiger partial charge is 0.210 e. The minimum Gasteiger partial charge on any atom is -0.210 e. The first kappa shape index (κ1) is 26.2. The molecule has 0 aliphatic carbocycles. The second-order valence-electron chi connectivity index (χ2n) is 7.98. The first-order valence-corrected chi connectivity index (χ1v) is 14.5. The Morgan fingerprint density at radius 1 is 0.812 bits per heavy atom. The molecule has 0 aliphatic rings. The Hall–Kier alpha value is -2.01. The molecule has 0 heterocycles. The third kappa shape index (κ3) is 5.86. The molecule has 1 atom stereocenters. The SMILES string of the molecule is C=C(C)C(C)CCCS(=O)(=O)N(S(=O)(=O)c1ccc(C)cc1)S(=O)(=O)c1ccc(C)cc1. The number of sulfonamides is 3. The quantitative estimate of drug-likeness (QED) is 0.458. The fourth-order valence-corrected chi connectivity index (χ4v) is 9.80. The van der Waals surface area contributed by atoms with Crippen molar-refractivity contribution in [2.24, 2.45) is 5.92 Å². The monoisotopic (exact) mass is 499 g/mol. The molecular weight excluding hydrogens is 470 g/mol. The predicted octanol–water partition coefficient (Wildman–Crippen LogP) is 4.01. The van der Waals surface area contributed by atoms with Gasteiger partial charge in [0.25, 0.3) is 20.0 Å². The summed E-state index contributed by atoms with van der Waals surface area (Å²) in [7, 11) is -14.6. The van der Waals surface area contributed by atoms with Crippen LogP contribution >= 0.6 is 0 Å². The summed E-state index contributed by atoms with van der Waals surface area (Å²) in [6, 6.07) is 10.7. The van der Waals surface area contributed by atoms with Crippen molar-refractivity contribution in [3.05, 3.63) is 71.8 Å². The topological polar surface area (TPSA) is 106 Å². The maximum absolute atomic E-state index is 13.3. The van der Waals surface area contributed by atoms with Crippen LogP contribution in [0, 0.1) is 19.8 Å². The van der Waals surface area contributed by atoms with E-state index in [-0.39, 0.29) is 15.5 Å². The highest BCUT2D eigenvalue weighted by Gasteiger charge is 2.45. The lowest BCUT2D eigenvalue weighted by atomic mass is 9.99. The molecule has 0 saturated heterocycles. The molecule has 0 aromatic heterocycles. The predicted molar refractivity (Wildman–Crippen MR) is 126 cm³/mol. The Balaban J connectivity index is 2.60. The van der Waals surface area contributed by atoms with Crippen LogP contribution < -0.4 is 0 Å². The highest BCUT2D eigenvalue weighted by molar-refractivity contribution is 8.17. The van der Waals surface area contributed by atoms with Gasteiger partial charge in [0.15, 0.2) is 0 Å². The van der Waals surface area contributed by atoms with Crippen LogP contribution in [0.25, 0.3) is 0 Å². The molecule has 2 aromatic carbocycles. The molecule has 2 aromatic rings. The van der Waals surface area contributed by atoms with E-state index in [2.05, 4.69) is 6.58 Å². The number of hydrogen-bond donors (Lipinski definition) is 0. The fraction of sp³-hybridized carbons (Fsp3) is 0.364. The van der Waals surface area contributed by atoms with E-state index in [9.17, 15) is 25.3 Å². The standard InChI is InChI=1S/C22H29NO6S3/c1-17(2)20(5)7-6-16-30(24,25)23(31(26,27)21-12-8-18(3)9-13-21)32(28,29)22-14-10-19(4)11-15-22/h8-15,20H,1,6-7,16H2,2-5H3. The van der Waals surface area contributed by atoms with Gasteiger partial charge in [-0.3, -0.25) is 0 Å². The maximum atomic E-state index is 13.3. The molecule has 0 spiro atoms. The van der Waals surface area contributed by atoms with Crippen molar-refractivity contribution in [1.29, 1.82) is 0 Å². The van der Waals surface area contributed by atoms with Gasteiger partial charge in [-0.25, -0.2) is 25.3 Å². The van der Waals surface area contributed by atoms with Gasteiger partial charge < -0.3 is 0 Å². The Kier molecular flexibility index (Phi) is 8.09. The van der Waals surface area contributed by atoms with Gasteiger partial charge in [0.1, 0.15) is 0 Å². The highest BCUT2D eigenvalue weighted by atomic mass is 32.3. The van der Waals surface area contributed by atoms with E-state index >= 15 is 0 Å². The molecule has 0 aliphatic heterocycles. The van der Waals surface area contributed by atoms with E-state index in [1.54, 1.807) is 13.8 Å². The molecule has 0 bridgehead atoms. The van der Waals surface area contributed by atoms with Gasteiger partial charge in [-0.15, -0.1) is 0 Å². The summed E-state index contributed by atoms with van der Waals surface area (Å²) in [6.07, 6.45) is 0.511. The maximum Gasteiger partial charge on any atom is 0.270 e. The van der Waals surface area contributed by atoms with E-state index in [4.69, 9.17) is 0 Å². The van der Waals surface area contributed by atoms with Crippen molar-refractivity contribution >= 4 is 30.1 Å². The van der Waals surface area contributed by atoms with Crippen LogP contribution in [0.4, 0.5) is 0 Å². The molecule has 7 nitrogen and oxygen atoms in total. The van der Waals surface area contributed by atoms with Gasteiger partial charge in [0.2, 0.25) is 10.0 Å². The zero-order chi connectivity index (χ0) is 24.3. The van der Waals surface area contributed by atoms with Crippen LogP contribution in [-0.2, 0) is 30.1 Å². The van der Waals surface area contributed by atoms with Gasteiger partial charge >= 0.3 is 0 Å². The zero-order valence-corrected chi connectivity index (χ0v) is 21.1. The number of aryl methyl sites for hydroxylation is 2. The second-order valence-corrected chi connectivity index (χ2v) is 14.2. The Morgan fingerprint density at radius 3 is 1.53 bits per heavy atom. The Morgan fingerprint density at radius 2 is 1.19 bits per heavy atom. The molecule has 0 N–H and O–H groups in total. The number of hydrogen-bond acceptors (Lipinski definition) is 6. The number of rotatable bonds is 10. The van der Waals surface area contributed by atoms with Crippen LogP contribution in [0.1, 0.15) is 37.8 Å². The lowest BCUT2D eigenvalue weighted by molar-refractivity contribution is 0.524. The molecule has 0 saturated carbocycles. The van der Waals surface area contributed by atoms with Crippen molar-refractivity contribution < 1.29 is 25.3 Å². The third-order valence-corrected chi connectivity index (χ3v) is 12.6. The third-order valence-electron chi connectivity index (χ3n) is 5.14. The summed E-state index contributed by atoms with van der Waals surface area (Å²) >= 11 is 0. The molecule has 1 unspecified atom stereocenters. The van der Waals surface area contributed by atoms with Crippen molar-refractivity contribution in [2.75, 3.05) is 5.75 Å². The van der Waals surface area contributed by atoms with Crippen molar-refractivity contribution in [3.63, 3.8) is 0 Å². The van der Waals surface area contributed by atoms with Crippen molar-refractivity contribution in [3.8, 4) is 0 Å². The van der Waals surface area contributed by atoms with Crippen molar-refractivity contribution in [1.82, 2.24) is 3.12 Å². The van der Waals surface area contributed by atoms with Gasteiger partial charge in [-0.2, -0.15) is 0 Å². The van der Waals surface area contributed by atoms with Crippen LogP contribution in [0.5, 0.6) is 0 Å². The van der Waals surface area contributed by atoms with Crippen LogP contribution in [0.2, 0.25) is 0 Å². The van der Waals surface area contributed by atoms with Gasteiger partial charge in [0.05, 0.1) is 15.5 Å². The summed E-state index contributed by atoms with van der Waals surface area (Å²) in [5, 5.41) is 0. The molecule has 2 rings (SSSR count). The summed E-state index contributed by atoms with van der Waals surface area (Å²) in [5.41, 5.74) is 2.35. The average Bonchev–Trinajstić information content (AvgIpc) is 2.67. The summed E-state index contributed by atoms with van der Waals surface area (Å²) in [4.78, 5) is -0.838. The second kappa shape index (κ2) is 9.86. The van der Waals surface area contributed by atoms with Crippen LogP contribution in [0.15, 0.2) is 70.5 Å². The highest BCUT2D eigenvalue weighted by Crippen LogP contribution is 2.29. The minimum atomic E-state index is -4.92. The molecule has 0 fully saturated rings. The average molecular weight is 500 g/mol. The first-order chi connectivity index (χ1) is 14.7. The largest absolute Gasteiger partial charge is 0.270 e. The van der Waals surface area contributed by atoms with Gasteiger partial charge in [-0.05, 0) is 63.8 Å². The molecule has 0 radical (unpaired) electrons. The first-order valence-electron chi connectivity index (χ1n) is 10.0. The number of nitrogens with zero attached hydrogens (tertiary/aromatic N) is 1. The zero-order valence-electron chi connectivity index (χ0n) is 18.6. The molecule has 0 amide bonds. The van der Waals surface area contributed by atoms with Gasteiger partial charge in [-0.1, -0.05) is 54.5 Å². The molecule has 176 valence electrons. The van der Waals surface area contributed by atoms with Crippen LogP contribution in [-0.4, -0.2) is 34.1 Å². The van der Waals surface area contributed by atoms with E-state index in [1.165, 1.54) is 48.5 Å². The molecule has 10 heteroatoms. The van der Waals surface area contributed by atoms with Gasteiger partial charge in [0, 0.05) is 3.12 Å². The van der Waals surface area contributed by atoms with E-state index in [1.807, 2.05) is 13.8 Å². The lowest BCUT2D eigenvalue weighted by Crippen LogP contribution is -2.42. The summed E-state index contributed by atoms with van der Waals surface area (Å²) in [5.74, 6) is -0.623. The fourth-order valence-electron chi connectivity index (χ4n) is 2.91. The summed E-state index contributed by atoms with van der Waals surface area (Å²) in [6.45, 7) is 11.0. The minimum absolute atomic E-state index is 0.0149. The number of allylic oxidation sites excluding steroid dienone is 1. The van der Waals surface area contributed by atoms with Crippen LogP contribution in [0.3, 0.4) is 0 Å². The summed E-state index contributed by atoms with van der Waals surface area (Å²) < 4.78 is 79.4. The van der Waals surface area contributed by atoms with E-state index in [0.717, 1.165) is 16.7 Å².